The molecule has 7 heteroatoms. The first-order valence-corrected chi connectivity index (χ1v) is 10.3. The van der Waals surface area contributed by atoms with Gasteiger partial charge in [0.15, 0.2) is 0 Å². The van der Waals surface area contributed by atoms with E-state index in [9.17, 15) is 14.4 Å². The zero-order valence-corrected chi connectivity index (χ0v) is 19.1. The van der Waals surface area contributed by atoms with Gasteiger partial charge in [-0.2, -0.15) is 0 Å². The van der Waals surface area contributed by atoms with Gasteiger partial charge in [0.2, 0.25) is 11.8 Å². The van der Waals surface area contributed by atoms with Crippen molar-refractivity contribution >= 4 is 17.9 Å². The third kappa shape index (κ3) is 11.8. The highest BCUT2D eigenvalue weighted by Gasteiger charge is 2.29. The molecule has 3 N–H and O–H groups in total. The molecule has 0 saturated carbocycles. The van der Waals surface area contributed by atoms with E-state index in [2.05, 4.69) is 16.0 Å². The van der Waals surface area contributed by atoms with E-state index in [4.69, 9.17) is 4.74 Å². The van der Waals surface area contributed by atoms with Crippen molar-refractivity contribution in [1.29, 1.82) is 0 Å². The Morgan fingerprint density at radius 3 is 1.68 bits per heavy atom. The van der Waals surface area contributed by atoms with Crippen LogP contribution >= 0.6 is 0 Å². The Morgan fingerprint density at radius 2 is 1.25 bits per heavy atom. The summed E-state index contributed by atoms with van der Waals surface area (Å²) >= 11 is 0. The van der Waals surface area contributed by atoms with Gasteiger partial charge in [-0.15, -0.1) is 0 Å². The van der Waals surface area contributed by atoms with Crippen molar-refractivity contribution in [3.63, 3.8) is 0 Å². The number of hydrogen-bond donors (Lipinski definition) is 3. The first-order valence-electron chi connectivity index (χ1n) is 10.3. The average molecular weight is 400 g/mol. The monoisotopic (exact) mass is 399 g/mol. The van der Waals surface area contributed by atoms with E-state index in [0.717, 1.165) is 12.8 Å². The molecule has 0 aromatic carbocycles. The van der Waals surface area contributed by atoms with Crippen molar-refractivity contribution < 1.29 is 19.1 Å². The molecule has 3 amide bonds. The summed E-state index contributed by atoms with van der Waals surface area (Å²) in [5.74, 6) is -0.343. The van der Waals surface area contributed by atoms with Crippen LogP contribution < -0.4 is 16.0 Å². The maximum atomic E-state index is 12.5. The predicted molar refractivity (Wildman–Crippen MR) is 112 cm³/mol. The summed E-state index contributed by atoms with van der Waals surface area (Å²) in [6.07, 6.45) is 1.52. The van der Waals surface area contributed by atoms with E-state index in [1.54, 1.807) is 13.8 Å². The van der Waals surface area contributed by atoms with Crippen LogP contribution in [0.3, 0.4) is 0 Å². The molecular weight excluding hydrogens is 358 g/mol. The fourth-order valence-electron chi connectivity index (χ4n) is 2.83. The van der Waals surface area contributed by atoms with Gasteiger partial charge in [-0.1, -0.05) is 20.8 Å². The van der Waals surface area contributed by atoms with Crippen LogP contribution in [0.5, 0.6) is 0 Å². The molecule has 2 unspecified atom stereocenters. The molecule has 28 heavy (non-hydrogen) atoms. The number of amides is 3. The van der Waals surface area contributed by atoms with E-state index < -0.39 is 11.7 Å². The van der Waals surface area contributed by atoms with Crippen LogP contribution in [-0.2, 0) is 14.3 Å². The van der Waals surface area contributed by atoms with E-state index in [1.807, 2.05) is 48.5 Å². The quantitative estimate of drug-likeness (QED) is 0.496. The Bertz CT molecular complexity index is 518. The summed E-state index contributed by atoms with van der Waals surface area (Å²) < 4.78 is 5.44. The third-order valence-corrected chi connectivity index (χ3v) is 4.36. The normalized spacial score (nSPS) is 15.0. The maximum absolute atomic E-state index is 12.5. The second kappa shape index (κ2) is 11.9. The molecule has 0 aromatic heterocycles. The summed E-state index contributed by atoms with van der Waals surface area (Å²) in [6, 6.07) is 0.0673. The van der Waals surface area contributed by atoms with Gasteiger partial charge in [0.1, 0.15) is 5.60 Å². The Morgan fingerprint density at radius 1 is 0.786 bits per heavy atom. The predicted octanol–water partition coefficient (Wildman–Crippen LogP) is 3.37. The Kier molecular flexibility index (Phi) is 11.2. The smallest absolute Gasteiger partial charge is 0.407 e. The lowest BCUT2D eigenvalue weighted by molar-refractivity contribution is -0.127. The standard InChI is InChI=1S/C21H41N3O4/c1-13(2)18(25)23-16(6)10-11-17(7)24-19(26)15(5)12-21(8,9)28-20(27)22-14(3)4/h13-17H,10-12H2,1-9H3,(H,22,27)(H,23,25)(H,24,26)/t15?,16?,17-/m1/s1. The minimum atomic E-state index is -0.741. The van der Waals surface area contributed by atoms with Crippen molar-refractivity contribution in [3.05, 3.63) is 0 Å². The van der Waals surface area contributed by atoms with Gasteiger partial charge in [0.05, 0.1) is 0 Å². The number of alkyl carbamates (subject to hydrolysis) is 1. The Balaban J connectivity index is 4.37. The van der Waals surface area contributed by atoms with E-state index in [-0.39, 0.29) is 41.8 Å². The molecule has 0 rings (SSSR count). The molecule has 164 valence electrons. The molecule has 0 spiro atoms. The van der Waals surface area contributed by atoms with Crippen LogP contribution in [0, 0.1) is 11.8 Å². The Hall–Kier alpha value is -1.79. The van der Waals surface area contributed by atoms with Crippen LogP contribution in [0.15, 0.2) is 0 Å². The molecular formula is C21H41N3O4. The molecule has 0 fully saturated rings. The average Bonchev–Trinajstić information content (AvgIpc) is 2.50. The molecule has 0 radical (unpaired) electrons. The fraction of sp³-hybridized carbons (Fsp3) is 0.857. The van der Waals surface area contributed by atoms with Crippen molar-refractivity contribution in [2.45, 2.75) is 105 Å². The van der Waals surface area contributed by atoms with Gasteiger partial charge in [-0.25, -0.2) is 4.79 Å². The van der Waals surface area contributed by atoms with Crippen LogP contribution in [-0.4, -0.2) is 41.6 Å². The summed E-state index contributed by atoms with van der Waals surface area (Å²) in [4.78, 5) is 36.0. The highest BCUT2D eigenvalue weighted by Crippen LogP contribution is 2.21. The SMILES string of the molecule is CC(C)NC(=O)OC(C)(C)CC(C)C(=O)N[C@H](C)CCC(C)NC(=O)C(C)C. The lowest BCUT2D eigenvalue weighted by atomic mass is 9.93. The van der Waals surface area contributed by atoms with Crippen LogP contribution in [0.1, 0.15) is 81.6 Å². The second-order valence-electron chi connectivity index (χ2n) is 9.10. The third-order valence-electron chi connectivity index (χ3n) is 4.36. The zero-order valence-electron chi connectivity index (χ0n) is 19.1. The molecule has 3 atom stereocenters. The number of carbonyl (C=O) groups is 3. The van der Waals surface area contributed by atoms with E-state index >= 15 is 0 Å². The summed E-state index contributed by atoms with van der Waals surface area (Å²) in [5, 5.41) is 8.67. The van der Waals surface area contributed by atoms with Crippen molar-refractivity contribution in [2.75, 3.05) is 0 Å². The van der Waals surface area contributed by atoms with Gasteiger partial charge in [0.25, 0.3) is 0 Å². The number of rotatable bonds is 11. The zero-order chi connectivity index (χ0) is 22.1. The number of ether oxygens (including phenoxy) is 1. The summed E-state index contributed by atoms with van der Waals surface area (Å²) in [7, 11) is 0. The first kappa shape index (κ1) is 26.2. The number of nitrogens with one attached hydrogen (secondary N) is 3. The first-order chi connectivity index (χ1) is 12.7. The molecule has 0 aliphatic rings. The molecule has 0 aromatic rings. The molecule has 0 heterocycles. The summed E-state index contributed by atoms with van der Waals surface area (Å²) in [5.41, 5.74) is -0.741. The largest absolute Gasteiger partial charge is 0.444 e. The number of hydrogen-bond acceptors (Lipinski definition) is 4. The number of carbonyl (C=O) groups excluding carboxylic acids is 3. The highest BCUT2D eigenvalue weighted by molar-refractivity contribution is 5.79. The van der Waals surface area contributed by atoms with Crippen LogP contribution in [0.2, 0.25) is 0 Å². The lowest BCUT2D eigenvalue weighted by Crippen LogP contribution is -2.42. The van der Waals surface area contributed by atoms with Crippen molar-refractivity contribution in [2.24, 2.45) is 11.8 Å². The molecule has 0 saturated heterocycles. The van der Waals surface area contributed by atoms with Gasteiger partial charge >= 0.3 is 6.09 Å². The minimum Gasteiger partial charge on any atom is -0.444 e. The molecule has 7 nitrogen and oxygen atoms in total. The lowest BCUT2D eigenvalue weighted by Gasteiger charge is -2.29. The van der Waals surface area contributed by atoms with Gasteiger partial charge in [-0.05, 0) is 60.8 Å². The minimum absolute atomic E-state index is 0.00150. The van der Waals surface area contributed by atoms with Gasteiger partial charge in [0, 0.05) is 30.0 Å². The molecule has 0 aliphatic carbocycles. The maximum Gasteiger partial charge on any atom is 0.407 e. The fourth-order valence-corrected chi connectivity index (χ4v) is 2.83. The van der Waals surface area contributed by atoms with Crippen molar-refractivity contribution in [1.82, 2.24) is 16.0 Å². The second-order valence-corrected chi connectivity index (χ2v) is 9.10. The molecule has 0 aliphatic heterocycles. The van der Waals surface area contributed by atoms with Gasteiger partial charge < -0.3 is 20.7 Å². The topological polar surface area (TPSA) is 96.5 Å². The van der Waals surface area contributed by atoms with Crippen molar-refractivity contribution in [3.8, 4) is 0 Å². The Labute approximate surface area is 170 Å². The van der Waals surface area contributed by atoms with Crippen LogP contribution in [0.4, 0.5) is 4.79 Å². The highest BCUT2D eigenvalue weighted by atomic mass is 16.6. The summed E-state index contributed by atoms with van der Waals surface area (Å²) in [6.45, 7) is 16.8. The van der Waals surface area contributed by atoms with Gasteiger partial charge in [-0.3, -0.25) is 9.59 Å². The van der Waals surface area contributed by atoms with Crippen LogP contribution in [0.25, 0.3) is 0 Å². The van der Waals surface area contributed by atoms with E-state index in [1.165, 1.54) is 0 Å². The van der Waals surface area contributed by atoms with E-state index in [0.29, 0.717) is 6.42 Å². The molecule has 0 bridgehead atoms.